The lowest BCUT2D eigenvalue weighted by Crippen LogP contribution is -2.06. The Morgan fingerprint density at radius 2 is 1.43 bits per heavy atom. The summed E-state index contributed by atoms with van der Waals surface area (Å²) in [6.45, 7) is 0. The number of fused-ring (bicyclic) bond motifs is 2. The molecule has 4 aromatic carbocycles. The van der Waals surface area contributed by atoms with Crippen molar-refractivity contribution in [1.82, 2.24) is 0 Å². The molecule has 4 N–H and O–H groups in total. The second-order valence-electron chi connectivity index (χ2n) is 6.58. The van der Waals surface area contributed by atoms with Crippen molar-refractivity contribution in [3.8, 4) is 5.75 Å². The van der Waals surface area contributed by atoms with Gasteiger partial charge < -0.3 is 10.4 Å². The van der Waals surface area contributed by atoms with Crippen LogP contribution >= 0.6 is 0 Å². The first-order valence-electron chi connectivity index (χ1n) is 8.55. The van der Waals surface area contributed by atoms with E-state index in [1.807, 2.05) is 30.3 Å². The molecule has 0 saturated carbocycles. The molecule has 0 radical (unpaired) electrons. The third kappa shape index (κ3) is 3.57. The minimum absolute atomic E-state index is 0.0432. The molecule has 0 unspecified atom stereocenters. The van der Waals surface area contributed by atoms with Gasteiger partial charge in [-0.1, -0.05) is 42.5 Å². The summed E-state index contributed by atoms with van der Waals surface area (Å²) in [5, 5.41) is 15.1. The number of hydrogen-bond donors (Lipinski definition) is 4. The Balaban J connectivity index is 2.06. The van der Waals surface area contributed by atoms with Crippen molar-refractivity contribution in [3.05, 3.63) is 66.7 Å². The van der Waals surface area contributed by atoms with Gasteiger partial charge in [0.1, 0.15) is 10.6 Å². The van der Waals surface area contributed by atoms with E-state index in [2.05, 4.69) is 5.32 Å². The zero-order valence-electron chi connectivity index (χ0n) is 15.1. The number of phenols is 1. The predicted molar refractivity (Wildman–Crippen MR) is 112 cm³/mol. The molecule has 0 saturated heterocycles. The van der Waals surface area contributed by atoms with Crippen LogP contribution in [0.1, 0.15) is 0 Å². The molecule has 154 valence electrons. The summed E-state index contributed by atoms with van der Waals surface area (Å²) in [5.74, 6) is -0.320. The summed E-state index contributed by atoms with van der Waals surface area (Å²) < 4.78 is 66.2. The van der Waals surface area contributed by atoms with E-state index in [0.29, 0.717) is 11.8 Å². The van der Waals surface area contributed by atoms with E-state index in [1.54, 1.807) is 12.1 Å². The van der Waals surface area contributed by atoms with Gasteiger partial charge in [0.05, 0.1) is 10.6 Å². The Morgan fingerprint density at radius 1 is 0.733 bits per heavy atom. The van der Waals surface area contributed by atoms with E-state index in [4.69, 9.17) is 0 Å². The number of hydrogen-bond acceptors (Lipinski definition) is 6. The summed E-state index contributed by atoms with van der Waals surface area (Å²) in [6, 6.07) is 17.0. The standard InChI is InChI=1S/C20H15NO7S2/c22-17-9-8-13-10-14(29(23,24)25)11-18(30(26,27)28)19(13)20(17)21-16-7-3-5-12-4-1-2-6-15(12)16/h1-11,21-22H,(H,23,24,25)(H,26,27,28). The number of nitrogens with one attached hydrogen (secondary N) is 1. The molecule has 0 heterocycles. The van der Waals surface area contributed by atoms with Crippen LogP contribution in [0.2, 0.25) is 0 Å². The lowest BCUT2D eigenvalue weighted by atomic mass is 10.1. The van der Waals surface area contributed by atoms with Gasteiger partial charge in [-0.05, 0) is 35.0 Å². The van der Waals surface area contributed by atoms with Gasteiger partial charge in [0.15, 0.2) is 0 Å². The van der Waals surface area contributed by atoms with Gasteiger partial charge in [-0.3, -0.25) is 9.11 Å². The fourth-order valence-electron chi connectivity index (χ4n) is 3.34. The highest BCUT2D eigenvalue weighted by molar-refractivity contribution is 7.86. The first-order valence-corrected chi connectivity index (χ1v) is 11.4. The third-order valence-corrected chi connectivity index (χ3v) is 6.37. The van der Waals surface area contributed by atoms with E-state index in [0.717, 1.165) is 16.8 Å². The van der Waals surface area contributed by atoms with Crippen LogP contribution in [0.4, 0.5) is 11.4 Å². The second-order valence-corrected chi connectivity index (χ2v) is 9.39. The minimum Gasteiger partial charge on any atom is -0.506 e. The van der Waals surface area contributed by atoms with Gasteiger partial charge in [-0.15, -0.1) is 0 Å². The van der Waals surface area contributed by atoms with Crippen LogP contribution in [-0.2, 0) is 20.2 Å². The van der Waals surface area contributed by atoms with Gasteiger partial charge >= 0.3 is 0 Å². The fourth-order valence-corrected chi connectivity index (χ4v) is 4.71. The fraction of sp³-hybridized carbons (Fsp3) is 0. The summed E-state index contributed by atoms with van der Waals surface area (Å²) in [7, 11) is -9.66. The summed E-state index contributed by atoms with van der Waals surface area (Å²) in [4.78, 5) is -1.48. The lowest BCUT2D eigenvalue weighted by Gasteiger charge is -2.16. The van der Waals surface area contributed by atoms with Crippen LogP contribution in [0.15, 0.2) is 76.5 Å². The maximum absolute atomic E-state index is 12.0. The number of anilines is 2. The van der Waals surface area contributed by atoms with Crippen LogP contribution in [0.5, 0.6) is 5.75 Å². The Morgan fingerprint density at radius 3 is 2.13 bits per heavy atom. The van der Waals surface area contributed by atoms with E-state index in [9.17, 15) is 31.0 Å². The Bertz CT molecular complexity index is 1520. The Labute approximate surface area is 171 Å². The van der Waals surface area contributed by atoms with Crippen molar-refractivity contribution < 1.29 is 31.0 Å². The molecule has 0 aliphatic heterocycles. The zero-order chi connectivity index (χ0) is 21.7. The van der Waals surface area contributed by atoms with E-state index in [-0.39, 0.29) is 22.2 Å². The molecule has 4 rings (SSSR count). The zero-order valence-corrected chi connectivity index (χ0v) is 16.8. The highest BCUT2D eigenvalue weighted by atomic mass is 32.2. The molecular formula is C20H15NO7S2. The quantitative estimate of drug-likeness (QED) is 0.273. The van der Waals surface area contributed by atoms with Crippen molar-refractivity contribution >= 4 is 53.2 Å². The van der Waals surface area contributed by atoms with Crippen LogP contribution in [0.3, 0.4) is 0 Å². The third-order valence-electron chi connectivity index (χ3n) is 4.66. The summed E-state index contributed by atoms with van der Waals surface area (Å²) in [6.07, 6.45) is 0. The Kier molecular flexibility index (Phi) is 4.66. The van der Waals surface area contributed by atoms with Gasteiger partial charge in [0.2, 0.25) is 0 Å². The van der Waals surface area contributed by atoms with Crippen LogP contribution < -0.4 is 5.32 Å². The van der Waals surface area contributed by atoms with E-state index >= 15 is 0 Å². The lowest BCUT2D eigenvalue weighted by molar-refractivity contribution is 0.478. The maximum atomic E-state index is 12.0. The van der Waals surface area contributed by atoms with Crippen LogP contribution in [-0.4, -0.2) is 31.0 Å². The van der Waals surface area contributed by atoms with Gasteiger partial charge in [-0.25, -0.2) is 0 Å². The van der Waals surface area contributed by atoms with Crippen molar-refractivity contribution in [2.45, 2.75) is 9.79 Å². The first-order chi connectivity index (χ1) is 14.1. The topological polar surface area (TPSA) is 141 Å². The Hall–Kier alpha value is -3.18. The highest BCUT2D eigenvalue weighted by Gasteiger charge is 2.24. The molecule has 0 fully saturated rings. The van der Waals surface area contributed by atoms with Gasteiger partial charge in [-0.2, -0.15) is 16.8 Å². The van der Waals surface area contributed by atoms with Crippen molar-refractivity contribution in [1.29, 1.82) is 0 Å². The largest absolute Gasteiger partial charge is 0.506 e. The molecule has 4 aromatic rings. The van der Waals surface area contributed by atoms with Crippen molar-refractivity contribution in [2.24, 2.45) is 0 Å². The van der Waals surface area contributed by atoms with Crippen LogP contribution in [0.25, 0.3) is 21.5 Å². The summed E-state index contributed by atoms with van der Waals surface area (Å²) in [5.41, 5.74) is 0.509. The monoisotopic (exact) mass is 445 g/mol. The van der Waals surface area contributed by atoms with Crippen molar-refractivity contribution in [3.63, 3.8) is 0 Å². The summed E-state index contributed by atoms with van der Waals surface area (Å²) >= 11 is 0. The highest BCUT2D eigenvalue weighted by Crippen LogP contribution is 2.40. The van der Waals surface area contributed by atoms with Gasteiger partial charge in [0, 0.05) is 16.5 Å². The number of phenolic OH excluding ortho intramolecular Hbond substituents is 1. The number of rotatable bonds is 4. The molecule has 0 spiro atoms. The number of aromatic hydroxyl groups is 1. The average molecular weight is 445 g/mol. The average Bonchev–Trinajstić information content (AvgIpc) is 2.68. The molecule has 0 aromatic heterocycles. The predicted octanol–water partition coefficient (Wildman–Crippen LogP) is 3.94. The van der Waals surface area contributed by atoms with Crippen molar-refractivity contribution in [2.75, 3.05) is 5.32 Å². The molecule has 0 aliphatic rings. The molecule has 0 bridgehead atoms. The smallest absolute Gasteiger partial charge is 0.295 e. The van der Waals surface area contributed by atoms with E-state index in [1.165, 1.54) is 12.1 Å². The molecule has 0 aliphatic carbocycles. The normalized spacial score (nSPS) is 12.3. The molecular weight excluding hydrogens is 430 g/mol. The molecule has 0 amide bonds. The minimum atomic E-state index is -4.91. The molecule has 0 atom stereocenters. The van der Waals surface area contributed by atoms with Crippen LogP contribution in [0, 0.1) is 0 Å². The molecule has 10 heteroatoms. The second kappa shape index (κ2) is 6.96. The first kappa shape index (κ1) is 20.1. The molecule has 8 nitrogen and oxygen atoms in total. The maximum Gasteiger partial charge on any atom is 0.295 e. The number of benzene rings is 4. The van der Waals surface area contributed by atoms with Gasteiger partial charge in [0.25, 0.3) is 20.2 Å². The molecule has 30 heavy (non-hydrogen) atoms. The van der Waals surface area contributed by atoms with E-state index < -0.39 is 30.0 Å². The SMILES string of the molecule is O=S(=O)(O)c1cc(S(=O)(=O)O)c2c(Nc3cccc4ccccc34)c(O)ccc2c1.